The van der Waals surface area contributed by atoms with E-state index in [0.717, 1.165) is 35.0 Å². The van der Waals surface area contributed by atoms with Gasteiger partial charge in [-0.15, -0.1) is 0 Å². The number of carbonyl (C=O) groups excluding carboxylic acids is 1. The number of pyridine rings is 1. The van der Waals surface area contributed by atoms with E-state index < -0.39 is 0 Å². The number of hydrogen-bond donors (Lipinski definition) is 1. The van der Waals surface area contributed by atoms with Gasteiger partial charge in [-0.1, -0.05) is 63.2 Å². The van der Waals surface area contributed by atoms with Crippen molar-refractivity contribution >= 4 is 16.8 Å². The molecule has 0 fully saturated rings. The van der Waals surface area contributed by atoms with Crippen molar-refractivity contribution < 1.29 is 4.79 Å². The zero-order valence-electron chi connectivity index (χ0n) is 15.8. The SMILES string of the molecule is CCCNC(=O)c1cc(-c2ccc(CC(C)C)cc2)nc2ccccc12. The van der Waals surface area contributed by atoms with Gasteiger partial charge in [0.2, 0.25) is 0 Å². The van der Waals surface area contributed by atoms with Crippen molar-refractivity contribution in [3.8, 4) is 11.3 Å². The van der Waals surface area contributed by atoms with Crippen LogP contribution in [-0.4, -0.2) is 17.4 Å². The molecule has 0 spiro atoms. The number of amides is 1. The molecule has 3 heteroatoms. The zero-order valence-corrected chi connectivity index (χ0v) is 15.8. The maximum Gasteiger partial charge on any atom is 0.252 e. The Morgan fingerprint density at radius 2 is 1.81 bits per heavy atom. The van der Waals surface area contributed by atoms with Gasteiger partial charge in [0, 0.05) is 17.5 Å². The van der Waals surface area contributed by atoms with E-state index >= 15 is 0 Å². The molecule has 1 N–H and O–H groups in total. The Morgan fingerprint density at radius 1 is 1.08 bits per heavy atom. The van der Waals surface area contributed by atoms with Gasteiger partial charge in [-0.05, 0) is 36.5 Å². The van der Waals surface area contributed by atoms with Crippen LogP contribution in [0.4, 0.5) is 0 Å². The van der Waals surface area contributed by atoms with Crippen LogP contribution in [0.25, 0.3) is 22.2 Å². The molecule has 3 aromatic rings. The van der Waals surface area contributed by atoms with E-state index in [-0.39, 0.29) is 5.91 Å². The van der Waals surface area contributed by atoms with Crippen LogP contribution in [0.1, 0.15) is 43.1 Å². The van der Waals surface area contributed by atoms with Crippen LogP contribution >= 0.6 is 0 Å². The highest BCUT2D eigenvalue weighted by atomic mass is 16.1. The maximum atomic E-state index is 12.6. The van der Waals surface area contributed by atoms with Crippen LogP contribution in [0, 0.1) is 5.92 Å². The van der Waals surface area contributed by atoms with E-state index in [4.69, 9.17) is 4.98 Å². The molecule has 0 atom stereocenters. The highest BCUT2D eigenvalue weighted by Crippen LogP contribution is 2.25. The highest BCUT2D eigenvalue weighted by molar-refractivity contribution is 6.07. The van der Waals surface area contributed by atoms with Crippen molar-refractivity contribution in [2.24, 2.45) is 5.92 Å². The summed E-state index contributed by atoms with van der Waals surface area (Å²) in [6.07, 6.45) is 1.98. The van der Waals surface area contributed by atoms with Crippen molar-refractivity contribution in [2.75, 3.05) is 6.54 Å². The Balaban J connectivity index is 2.02. The first-order chi connectivity index (χ1) is 12.6. The van der Waals surface area contributed by atoms with Crippen LogP contribution in [0.15, 0.2) is 54.6 Å². The molecule has 0 radical (unpaired) electrons. The van der Waals surface area contributed by atoms with Crippen LogP contribution in [0.3, 0.4) is 0 Å². The average Bonchev–Trinajstić information content (AvgIpc) is 2.65. The van der Waals surface area contributed by atoms with Crippen LogP contribution in [-0.2, 0) is 6.42 Å². The first kappa shape index (κ1) is 18.1. The number of fused-ring (bicyclic) bond motifs is 1. The third-order valence-electron chi connectivity index (χ3n) is 4.39. The average molecular weight is 346 g/mol. The molecule has 0 saturated heterocycles. The van der Waals surface area contributed by atoms with E-state index in [1.807, 2.05) is 30.3 Å². The smallest absolute Gasteiger partial charge is 0.252 e. The molecule has 0 bridgehead atoms. The molecule has 3 rings (SSSR count). The minimum absolute atomic E-state index is 0.0388. The molecule has 26 heavy (non-hydrogen) atoms. The summed E-state index contributed by atoms with van der Waals surface area (Å²) in [5.74, 6) is 0.594. The molecule has 2 aromatic carbocycles. The lowest BCUT2D eigenvalue weighted by atomic mass is 9.99. The molecule has 3 nitrogen and oxygen atoms in total. The predicted molar refractivity (Wildman–Crippen MR) is 108 cm³/mol. The summed E-state index contributed by atoms with van der Waals surface area (Å²) in [5.41, 5.74) is 4.72. The molecule has 0 aliphatic carbocycles. The minimum Gasteiger partial charge on any atom is -0.352 e. The summed E-state index contributed by atoms with van der Waals surface area (Å²) in [6.45, 7) is 7.17. The Kier molecular flexibility index (Phi) is 5.67. The van der Waals surface area contributed by atoms with E-state index in [9.17, 15) is 4.79 Å². The van der Waals surface area contributed by atoms with E-state index in [1.54, 1.807) is 0 Å². The molecule has 1 heterocycles. The molecule has 0 aliphatic heterocycles. The van der Waals surface area contributed by atoms with E-state index in [2.05, 4.69) is 50.4 Å². The van der Waals surface area contributed by atoms with Gasteiger partial charge in [0.05, 0.1) is 16.8 Å². The number of nitrogens with zero attached hydrogens (tertiary/aromatic N) is 1. The van der Waals surface area contributed by atoms with Crippen molar-refractivity contribution in [1.29, 1.82) is 0 Å². The van der Waals surface area contributed by atoms with Crippen molar-refractivity contribution in [2.45, 2.75) is 33.6 Å². The Hall–Kier alpha value is -2.68. The van der Waals surface area contributed by atoms with Gasteiger partial charge in [0.1, 0.15) is 0 Å². The van der Waals surface area contributed by atoms with E-state index in [0.29, 0.717) is 18.0 Å². The lowest BCUT2D eigenvalue weighted by Crippen LogP contribution is -2.24. The highest BCUT2D eigenvalue weighted by Gasteiger charge is 2.13. The predicted octanol–water partition coefficient (Wildman–Crippen LogP) is 5.24. The standard InChI is InChI=1S/C23H26N2O/c1-4-13-24-23(26)20-15-22(25-21-8-6-5-7-19(20)21)18-11-9-17(10-12-18)14-16(2)3/h5-12,15-16H,4,13-14H2,1-3H3,(H,24,26). The number of carbonyl (C=O) groups is 1. The Bertz CT molecular complexity index is 898. The molecule has 0 saturated carbocycles. The van der Waals surface area contributed by atoms with Gasteiger partial charge in [-0.25, -0.2) is 4.98 Å². The quantitative estimate of drug-likeness (QED) is 0.663. The molecular weight excluding hydrogens is 320 g/mol. The third-order valence-corrected chi connectivity index (χ3v) is 4.39. The first-order valence-electron chi connectivity index (χ1n) is 9.35. The Labute approximate surface area is 155 Å². The number of nitrogens with one attached hydrogen (secondary N) is 1. The van der Waals surface area contributed by atoms with Crippen molar-refractivity contribution in [3.05, 3.63) is 65.7 Å². The maximum absolute atomic E-state index is 12.6. The second kappa shape index (κ2) is 8.13. The van der Waals surface area contributed by atoms with Gasteiger partial charge >= 0.3 is 0 Å². The summed E-state index contributed by atoms with van der Waals surface area (Å²) in [7, 11) is 0. The third kappa shape index (κ3) is 4.10. The lowest BCUT2D eigenvalue weighted by molar-refractivity contribution is 0.0955. The van der Waals surface area contributed by atoms with Gasteiger partial charge in [-0.2, -0.15) is 0 Å². The second-order valence-electron chi connectivity index (χ2n) is 7.12. The summed E-state index contributed by atoms with van der Waals surface area (Å²) in [5, 5.41) is 3.87. The van der Waals surface area contributed by atoms with Crippen molar-refractivity contribution in [1.82, 2.24) is 10.3 Å². The lowest BCUT2D eigenvalue weighted by Gasteiger charge is -2.11. The monoisotopic (exact) mass is 346 g/mol. The van der Waals surface area contributed by atoms with Crippen molar-refractivity contribution in [3.63, 3.8) is 0 Å². The number of para-hydroxylation sites is 1. The molecule has 0 unspecified atom stereocenters. The van der Waals surface area contributed by atoms with E-state index in [1.165, 1.54) is 5.56 Å². The number of aromatic nitrogens is 1. The van der Waals surface area contributed by atoms with Gasteiger partial charge in [0.25, 0.3) is 5.91 Å². The van der Waals surface area contributed by atoms with Gasteiger partial charge in [-0.3, -0.25) is 4.79 Å². The molecule has 134 valence electrons. The summed E-state index contributed by atoms with van der Waals surface area (Å²) < 4.78 is 0. The fourth-order valence-electron chi connectivity index (χ4n) is 3.13. The topological polar surface area (TPSA) is 42.0 Å². The second-order valence-corrected chi connectivity index (χ2v) is 7.12. The summed E-state index contributed by atoms with van der Waals surface area (Å²) >= 11 is 0. The summed E-state index contributed by atoms with van der Waals surface area (Å²) in [6, 6.07) is 18.2. The first-order valence-corrected chi connectivity index (χ1v) is 9.35. The number of benzene rings is 2. The largest absolute Gasteiger partial charge is 0.352 e. The fourth-order valence-corrected chi connectivity index (χ4v) is 3.13. The minimum atomic E-state index is -0.0388. The Morgan fingerprint density at radius 3 is 2.50 bits per heavy atom. The zero-order chi connectivity index (χ0) is 18.5. The summed E-state index contributed by atoms with van der Waals surface area (Å²) in [4.78, 5) is 17.4. The number of hydrogen-bond acceptors (Lipinski definition) is 2. The fraction of sp³-hybridized carbons (Fsp3) is 0.304. The molecule has 1 amide bonds. The van der Waals surface area contributed by atoms with Crippen LogP contribution < -0.4 is 5.32 Å². The number of rotatable bonds is 6. The van der Waals surface area contributed by atoms with Gasteiger partial charge < -0.3 is 5.32 Å². The normalized spacial score (nSPS) is 11.1. The van der Waals surface area contributed by atoms with Crippen LogP contribution in [0.2, 0.25) is 0 Å². The van der Waals surface area contributed by atoms with Gasteiger partial charge in [0.15, 0.2) is 0 Å². The molecular formula is C23H26N2O. The molecule has 0 aliphatic rings. The van der Waals surface area contributed by atoms with Crippen LogP contribution in [0.5, 0.6) is 0 Å². The molecule has 1 aromatic heterocycles.